The van der Waals surface area contributed by atoms with Crippen molar-refractivity contribution in [3.8, 4) is 17.2 Å². The van der Waals surface area contributed by atoms with E-state index in [-0.39, 0.29) is 17.5 Å². The largest absolute Gasteiger partial charge is 0.504 e. The molecule has 0 radical (unpaired) electrons. The highest BCUT2D eigenvalue weighted by molar-refractivity contribution is 5.50. The fourth-order valence-electron chi connectivity index (χ4n) is 1.44. The Balaban J connectivity index is 2.52. The monoisotopic (exact) mass is 181 g/mol. The molecule has 0 bridgehead atoms. The van der Waals surface area contributed by atoms with Gasteiger partial charge < -0.3 is 20.7 Å². The van der Waals surface area contributed by atoms with Gasteiger partial charge >= 0.3 is 0 Å². The summed E-state index contributed by atoms with van der Waals surface area (Å²) in [6.45, 7) is 0.554. The highest BCUT2D eigenvalue weighted by atomic mass is 16.5. The third-order valence-corrected chi connectivity index (χ3v) is 2.19. The average Bonchev–Trinajstić information content (AvgIpc) is 2.09. The van der Waals surface area contributed by atoms with Gasteiger partial charge in [0.1, 0.15) is 5.75 Å². The Morgan fingerprint density at radius 3 is 2.77 bits per heavy atom. The first kappa shape index (κ1) is 8.19. The molecular formula is C9H11NO3. The Labute approximate surface area is 75.6 Å². The Morgan fingerprint density at radius 2 is 2.00 bits per heavy atom. The third kappa shape index (κ3) is 1.29. The second kappa shape index (κ2) is 2.81. The first-order valence-corrected chi connectivity index (χ1v) is 4.12. The van der Waals surface area contributed by atoms with Gasteiger partial charge in [-0.2, -0.15) is 0 Å². The molecule has 1 aromatic rings. The van der Waals surface area contributed by atoms with Gasteiger partial charge in [-0.25, -0.2) is 0 Å². The summed E-state index contributed by atoms with van der Waals surface area (Å²) in [5.41, 5.74) is 6.54. The number of rotatable bonds is 0. The van der Waals surface area contributed by atoms with Crippen molar-refractivity contribution in [2.75, 3.05) is 6.61 Å². The van der Waals surface area contributed by atoms with E-state index in [9.17, 15) is 10.2 Å². The first-order chi connectivity index (χ1) is 6.18. The van der Waals surface area contributed by atoms with E-state index in [0.717, 1.165) is 12.0 Å². The smallest absolute Gasteiger partial charge is 0.161 e. The van der Waals surface area contributed by atoms with E-state index in [1.165, 1.54) is 12.1 Å². The molecule has 1 atom stereocenters. The Bertz CT molecular complexity index is 338. The SMILES string of the molecule is N[C@@H]1CCOc2cc(O)c(O)cc21. The van der Waals surface area contributed by atoms with Crippen molar-refractivity contribution in [2.24, 2.45) is 5.73 Å². The van der Waals surface area contributed by atoms with Gasteiger partial charge in [-0.3, -0.25) is 0 Å². The van der Waals surface area contributed by atoms with E-state index in [0.29, 0.717) is 12.4 Å². The van der Waals surface area contributed by atoms with Crippen LogP contribution in [-0.4, -0.2) is 16.8 Å². The number of hydrogen-bond donors (Lipinski definition) is 3. The van der Waals surface area contributed by atoms with Gasteiger partial charge in [0.2, 0.25) is 0 Å². The molecular weight excluding hydrogens is 170 g/mol. The van der Waals surface area contributed by atoms with E-state index in [4.69, 9.17) is 10.5 Å². The zero-order chi connectivity index (χ0) is 9.42. The van der Waals surface area contributed by atoms with E-state index in [1.807, 2.05) is 0 Å². The standard InChI is InChI=1S/C9H11NO3/c10-6-1-2-13-9-4-8(12)7(11)3-5(6)9/h3-4,6,11-12H,1-2,10H2/t6-/m1/s1. The molecule has 1 heterocycles. The normalized spacial score (nSPS) is 20.5. The van der Waals surface area contributed by atoms with Crippen molar-refractivity contribution in [3.05, 3.63) is 17.7 Å². The second-order valence-electron chi connectivity index (χ2n) is 3.12. The molecule has 4 N–H and O–H groups in total. The molecule has 1 aliphatic heterocycles. The van der Waals surface area contributed by atoms with Crippen molar-refractivity contribution < 1.29 is 14.9 Å². The number of fused-ring (bicyclic) bond motifs is 1. The van der Waals surface area contributed by atoms with Crippen molar-refractivity contribution in [1.82, 2.24) is 0 Å². The number of ether oxygens (including phenoxy) is 1. The zero-order valence-corrected chi connectivity index (χ0v) is 7.03. The summed E-state index contributed by atoms with van der Waals surface area (Å²) < 4.78 is 5.28. The van der Waals surface area contributed by atoms with Gasteiger partial charge in [0, 0.05) is 24.1 Å². The van der Waals surface area contributed by atoms with Crippen LogP contribution in [0.3, 0.4) is 0 Å². The highest BCUT2D eigenvalue weighted by Crippen LogP contribution is 2.38. The molecule has 4 heteroatoms. The van der Waals surface area contributed by atoms with Crippen molar-refractivity contribution in [1.29, 1.82) is 0 Å². The maximum atomic E-state index is 9.23. The van der Waals surface area contributed by atoms with Crippen LogP contribution in [0.1, 0.15) is 18.0 Å². The highest BCUT2D eigenvalue weighted by Gasteiger charge is 2.20. The predicted octanol–water partition coefficient (Wildman–Crippen LogP) is 0.880. The molecule has 13 heavy (non-hydrogen) atoms. The van der Waals surface area contributed by atoms with Crippen molar-refractivity contribution in [3.63, 3.8) is 0 Å². The molecule has 0 saturated heterocycles. The summed E-state index contributed by atoms with van der Waals surface area (Å²) in [6, 6.07) is 2.73. The lowest BCUT2D eigenvalue weighted by Gasteiger charge is -2.23. The van der Waals surface area contributed by atoms with Crippen LogP contribution in [0.5, 0.6) is 17.2 Å². The number of hydrogen-bond acceptors (Lipinski definition) is 4. The van der Waals surface area contributed by atoms with Gasteiger partial charge in [-0.15, -0.1) is 0 Å². The maximum absolute atomic E-state index is 9.23. The maximum Gasteiger partial charge on any atom is 0.161 e. The minimum atomic E-state index is -0.173. The van der Waals surface area contributed by atoms with E-state index < -0.39 is 0 Å². The molecule has 70 valence electrons. The van der Waals surface area contributed by atoms with Gasteiger partial charge in [-0.1, -0.05) is 0 Å². The summed E-state index contributed by atoms with van der Waals surface area (Å²) in [5.74, 6) is 0.238. The molecule has 1 aromatic carbocycles. The molecule has 0 aliphatic carbocycles. The van der Waals surface area contributed by atoms with E-state index in [1.54, 1.807) is 0 Å². The van der Waals surface area contributed by atoms with Crippen LogP contribution < -0.4 is 10.5 Å². The second-order valence-corrected chi connectivity index (χ2v) is 3.12. The summed E-state index contributed by atoms with van der Waals surface area (Å²) >= 11 is 0. The molecule has 0 unspecified atom stereocenters. The molecule has 2 rings (SSSR count). The van der Waals surface area contributed by atoms with Crippen molar-refractivity contribution in [2.45, 2.75) is 12.5 Å². The van der Waals surface area contributed by atoms with Crippen LogP contribution in [0.25, 0.3) is 0 Å². The van der Waals surface area contributed by atoms with Crippen molar-refractivity contribution >= 4 is 0 Å². The van der Waals surface area contributed by atoms with Crippen LogP contribution >= 0.6 is 0 Å². The molecule has 0 fully saturated rings. The fourth-order valence-corrected chi connectivity index (χ4v) is 1.44. The molecule has 0 spiro atoms. The number of nitrogens with two attached hydrogens (primary N) is 1. The van der Waals surface area contributed by atoms with Crippen LogP contribution in [0.4, 0.5) is 0 Å². The number of benzene rings is 1. The molecule has 4 nitrogen and oxygen atoms in total. The third-order valence-electron chi connectivity index (χ3n) is 2.19. The van der Waals surface area contributed by atoms with Gasteiger partial charge in [0.05, 0.1) is 6.61 Å². The molecule has 0 aromatic heterocycles. The Morgan fingerprint density at radius 1 is 1.31 bits per heavy atom. The molecule has 1 aliphatic rings. The number of phenolic OH excluding ortho intramolecular Hbond substituents is 2. The predicted molar refractivity (Wildman–Crippen MR) is 46.8 cm³/mol. The summed E-state index contributed by atoms with van der Waals surface area (Å²) in [5, 5.41) is 18.4. The van der Waals surface area contributed by atoms with E-state index >= 15 is 0 Å². The first-order valence-electron chi connectivity index (χ1n) is 4.12. The number of phenols is 2. The van der Waals surface area contributed by atoms with Gasteiger partial charge in [0.15, 0.2) is 11.5 Å². The topological polar surface area (TPSA) is 75.7 Å². The zero-order valence-electron chi connectivity index (χ0n) is 7.03. The van der Waals surface area contributed by atoms with Crippen LogP contribution in [0, 0.1) is 0 Å². The van der Waals surface area contributed by atoms with Gasteiger partial charge in [-0.05, 0) is 6.07 Å². The average molecular weight is 181 g/mol. The Kier molecular flexibility index (Phi) is 1.77. The van der Waals surface area contributed by atoms with Crippen LogP contribution in [-0.2, 0) is 0 Å². The molecule has 0 amide bonds. The summed E-state index contributed by atoms with van der Waals surface area (Å²) in [6.07, 6.45) is 0.733. The van der Waals surface area contributed by atoms with Crippen LogP contribution in [0.2, 0.25) is 0 Å². The quantitative estimate of drug-likeness (QED) is 0.519. The number of aromatic hydroxyl groups is 2. The van der Waals surface area contributed by atoms with Crippen LogP contribution in [0.15, 0.2) is 12.1 Å². The Hall–Kier alpha value is -1.42. The molecule has 0 saturated carbocycles. The fraction of sp³-hybridized carbons (Fsp3) is 0.333. The minimum absolute atomic E-state index is 0.116. The lowest BCUT2D eigenvalue weighted by atomic mass is 10.0. The summed E-state index contributed by atoms with van der Waals surface area (Å²) in [4.78, 5) is 0. The van der Waals surface area contributed by atoms with E-state index in [2.05, 4.69) is 0 Å². The minimum Gasteiger partial charge on any atom is -0.504 e. The lowest BCUT2D eigenvalue weighted by Crippen LogP contribution is -2.20. The summed E-state index contributed by atoms with van der Waals surface area (Å²) in [7, 11) is 0. The lowest BCUT2D eigenvalue weighted by molar-refractivity contribution is 0.265. The van der Waals surface area contributed by atoms with Gasteiger partial charge in [0.25, 0.3) is 0 Å².